The van der Waals surface area contributed by atoms with E-state index >= 15 is 0 Å². The highest BCUT2D eigenvalue weighted by atomic mass is 32.2. The van der Waals surface area contributed by atoms with Gasteiger partial charge in [0.2, 0.25) is 5.91 Å². The summed E-state index contributed by atoms with van der Waals surface area (Å²) in [4.78, 5) is 39.0. The summed E-state index contributed by atoms with van der Waals surface area (Å²) in [5, 5.41) is 11.0. The van der Waals surface area contributed by atoms with Crippen molar-refractivity contribution in [1.29, 1.82) is 0 Å². The van der Waals surface area contributed by atoms with Crippen LogP contribution in [-0.4, -0.2) is 54.7 Å². The van der Waals surface area contributed by atoms with Crippen molar-refractivity contribution in [1.82, 2.24) is 10.2 Å². The third-order valence-corrected chi connectivity index (χ3v) is 8.61. The summed E-state index contributed by atoms with van der Waals surface area (Å²) < 4.78 is 38.2. The number of benzene rings is 1. The fraction of sp³-hybridized carbons (Fsp3) is 0.550. The van der Waals surface area contributed by atoms with Gasteiger partial charge >= 0.3 is 12.1 Å². The Morgan fingerprint density at radius 1 is 1.32 bits per heavy atom. The molecule has 2 N–H and O–H groups in total. The first-order chi connectivity index (χ1) is 14.2. The molecule has 2 heterocycles. The fourth-order valence-corrected chi connectivity index (χ4v) is 6.57. The standard InChI is InChI=1S/C20H23F3N2O4S2/c1-5-12(30-11-8-6-7-10(9-11)20(21,22)23)14(26)24-19(4)16(29)25-13(15(27)28)18(2,3)31-17(19)25/h6-9,12-13,17H,5H2,1-4H3,(H,24,26)(H,27,28)/t12?,13-,17+,19-/m0/s1. The maximum Gasteiger partial charge on any atom is 0.416 e. The van der Waals surface area contributed by atoms with Crippen molar-refractivity contribution >= 4 is 41.3 Å². The Morgan fingerprint density at radius 2 is 1.97 bits per heavy atom. The van der Waals surface area contributed by atoms with Crippen LogP contribution < -0.4 is 5.32 Å². The molecule has 2 aliphatic heterocycles. The number of amides is 2. The van der Waals surface area contributed by atoms with E-state index in [1.165, 1.54) is 28.8 Å². The molecule has 11 heteroatoms. The molecule has 0 radical (unpaired) electrons. The number of carboxylic acid groups (broad SMARTS) is 1. The largest absolute Gasteiger partial charge is 0.480 e. The van der Waals surface area contributed by atoms with Crippen LogP contribution in [0.4, 0.5) is 13.2 Å². The molecule has 1 unspecified atom stereocenters. The minimum atomic E-state index is -4.48. The van der Waals surface area contributed by atoms with Crippen LogP contribution in [0.15, 0.2) is 29.2 Å². The van der Waals surface area contributed by atoms with Gasteiger partial charge in [-0.3, -0.25) is 9.59 Å². The molecule has 0 saturated carbocycles. The molecule has 0 bridgehead atoms. The molecular formula is C20H23F3N2O4S2. The van der Waals surface area contributed by atoms with Gasteiger partial charge in [0.05, 0.1) is 10.8 Å². The lowest BCUT2D eigenvalue weighted by atomic mass is 9.86. The Balaban J connectivity index is 1.75. The Kier molecular flexibility index (Phi) is 6.07. The Morgan fingerprint density at radius 3 is 2.52 bits per heavy atom. The number of carboxylic acids is 1. The number of hydrogen-bond acceptors (Lipinski definition) is 5. The first-order valence-corrected chi connectivity index (χ1v) is 11.4. The van der Waals surface area contributed by atoms with Crippen LogP contribution in [0.3, 0.4) is 0 Å². The Bertz CT molecular complexity index is 924. The number of hydrogen-bond donors (Lipinski definition) is 2. The van der Waals surface area contributed by atoms with Crippen LogP contribution in [0, 0.1) is 0 Å². The van der Waals surface area contributed by atoms with Crippen molar-refractivity contribution in [2.75, 3.05) is 0 Å². The molecule has 3 rings (SSSR count). The summed E-state index contributed by atoms with van der Waals surface area (Å²) in [6, 6.07) is 3.74. The third kappa shape index (κ3) is 4.13. The number of β-lactam (4-membered cyclic amide) rings is 1. The van der Waals surface area contributed by atoms with E-state index in [0.717, 1.165) is 23.9 Å². The van der Waals surface area contributed by atoms with Gasteiger partial charge < -0.3 is 15.3 Å². The SMILES string of the molecule is CCC(Sc1cccc(C(F)(F)F)c1)C(=O)N[C@@]1(C)C(=O)N2[C@@H](C(=O)O)C(C)(C)S[C@@H]21. The molecule has 4 atom stereocenters. The number of fused-ring (bicyclic) bond motifs is 1. The van der Waals surface area contributed by atoms with Crippen LogP contribution in [0.2, 0.25) is 0 Å². The molecule has 2 amide bonds. The van der Waals surface area contributed by atoms with Crippen molar-refractivity contribution in [3.05, 3.63) is 29.8 Å². The summed E-state index contributed by atoms with van der Waals surface area (Å²) >= 11 is 2.31. The Hall–Kier alpha value is -1.88. The predicted octanol–water partition coefficient (Wildman–Crippen LogP) is 3.60. The summed E-state index contributed by atoms with van der Waals surface area (Å²) in [7, 11) is 0. The number of rotatable bonds is 6. The van der Waals surface area contributed by atoms with Gasteiger partial charge in [0, 0.05) is 9.64 Å². The molecule has 1 aromatic carbocycles. The minimum Gasteiger partial charge on any atom is -0.480 e. The van der Waals surface area contributed by atoms with E-state index in [1.807, 2.05) is 0 Å². The number of aliphatic carboxylic acids is 1. The zero-order valence-corrected chi connectivity index (χ0v) is 19.0. The van der Waals surface area contributed by atoms with Crippen LogP contribution in [0.25, 0.3) is 0 Å². The lowest BCUT2D eigenvalue weighted by Crippen LogP contribution is -2.78. The average molecular weight is 477 g/mol. The number of carbonyl (C=O) groups excluding carboxylic acids is 2. The second-order valence-corrected chi connectivity index (χ2v) is 11.3. The summed E-state index contributed by atoms with van der Waals surface area (Å²) in [5.74, 6) is -2.05. The monoisotopic (exact) mass is 476 g/mol. The highest BCUT2D eigenvalue weighted by Crippen LogP contribution is 2.54. The summed E-state index contributed by atoms with van der Waals surface area (Å²) in [6.07, 6.45) is -4.15. The van der Waals surface area contributed by atoms with Crippen LogP contribution >= 0.6 is 23.5 Å². The van der Waals surface area contributed by atoms with Gasteiger partial charge in [0.1, 0.15) is 17.0 Å². The molecule has 6 nitrogen and oxygen atoms in total. The smallest absolute Gasteiger partial charge is 0.416 e. The number of alkyl halides is 3. The molecule has 31 heavy (non-hydrogen) atoms. The third-order valence-electron chi connectivity index (χ3n) is 5.50. The van der Waals surface area contributed by atoms with Gasteiger partial charge in [-0.15, -0.1) is 23.5 Å². The lowest BCUT2D eigenvalue weighted by molar-refractivity contribution is -0.167. The summed E-state index contributed by atoms with van der Waals surface area (Å²) in [5.41, 5.74) is -2.07. The van der Waals surface area contributed by atoms with Crippen molar-refractivity contribution in [2.24, 2.45) is 0 Å². The van der Waals surface area contributed by atoms with E-state index in [0.29, 0.717) is 11.3 Å². The maximum absolute atomic E-state index is 13.0. The highest BCUT2D eigenvalue weighted by Gasteiger charge is 2.70. The van der Waals surface area contributed by atoms with Crippen LogP contribution in [0.1, 0.15) is 39.7 Å². The second-order valence-electron chi connectivity index (χ2n) is 8.26. The summed E-state index contributed by atoms with van der Waals surface area (Å²) in [6.45, 7) is 6.77. The topological polar surface area (TPSA) is 86.7 Å². The molecule has 1 aromatic rings. The first-order valence-electron chi connectivity index (χ1n) is 9.61. The van der Waals surface area contributed by atoms with Gasteiger partial charge in [0.15, 0.2) is 0 Å². The average Bonchev–Trinajstić information content (AvgIpc) is 2.95. The van der Waals surface area contributed by atoms with E-state index < -0.39 is 56.5 Å². The van der Waals surface area contributed by atoms with Crippen molar-refractivity contribution in [3.63, 3.8) is 0 Å². The molecule has 170 valence electrons. The quantitative estimate of drug-likeness (QED) is 0.482. The van der Waals surface area contributed by atoms with Gasteiger partial charge in [-0.05, 0) is 45.4 Å². The Labute approximate surface area is 186 Å². The number of thioether (sulfide) groups is 2. The molecule has 2 fully saturated rings. The zero-order valence-electron chi connectivity index (χ0n) is 17.3. The normalized spacial score (nSPS) is 28.0. The van der Waals surface area contributed by atoms with Gasteiger partial charge in [-0.2, -0.15) is 13.2 Å². The van der Waals surface area contributed by atoms with Crippen LogP contribution in [-0.2, 0) is 20.6 Å². The number of halogens is 3. The van der Waals surface area contributed by atoms with E-state index in [1.54, 1.807) is 27.7 Å². The maximum atomic E-state index is 13.0. The minimum absolute atomic E-state index is 0.297. The van der Waals surface area contributed by atoms with Crippen molar-refractivity contribution in [2.45, 2.75) is 72.1 Å². The van der Waals surface area contributed by atoms with Gasteiger partial charge in [-0.25, -0.2) is 4.79 Å². The lowest BCUT2D eigenvalue weighted by Gasteiger charge is -2.51. The van der Waals surface area contributed by atoms with Gasteiger partial charge in [0.25, 0.3) is 5.91 Å². The molecule has 2 saturated heterocycles. The molecule has 0 spiro atoms. The van der Waals surface area contributed by atoms with E-state index in [-0.39, 0.29) is 0 Å². The number of nitrogens with zero attached hydrogens (tertiary/aromatic N) is 1. The van der Waals surface area contributed by atoms with E-state index in [2.05, 4.69) is 5.32 Å². The van der Waals surface area contributed by atoms with Gasteiger partial charge in [-0.1, -0.05) is 13.0 Å². The van der Waals surface area contributed by atoms with Crippen molar-refractivity contribution in [3.8, 4) is 0 Å². The second kappa shape index (κ2) is 7.91. The number of nitrogens with one attached hydrogen (secondary N) is 1. The van der Waals surface area contributed by atoms with Crippen molar-refractivity contribution < 1.29 is 32.7 Å². The van der Waals surface area contributed by atoms with E-state index in [4.69, 9.17) is 0 Å². The fourth-order valence-electron chi connectivity index (χ4n) is 3.91. The predicted molar refractivity (Wildman–Crippen MR) is 112 cm³/mol. The molecular weight excluding hydrogens is 453 g/mol. The number of carbonyl (C=O) groups is 3. The first kappa shape index (κ1) is 23.8. The molecule has 2 aliphatic rings. The molecule has 0 aliphatic carbocycles. The highest BCUT2D eigenvalue weighted by molar-refractivity contribution is 8.01. The molecule has 0 aromatic heterocycles. The van der Waals surface area contributed by atoms with E-state index in [9.17, 15) is 32.7 Å². The van der Waals surface area contributed by atoms with Crippen LogP contribution in [0.5, 0.6) is 0 Å². The zero-order chi connectivity index (χ0) is 23.4.